The highest BCUT2D eigenvalue weighted by Crippen LogP contribution is 2.30. The summed E-state index contributed by atoms with van der Waals surface area (Å²) in [5, 5.41) is 5.02. The molecule has 1 fully saturated rings. The quantitative estimate of drug-likeness (QED) is 0.242. The zero-order valence-electron chi connectivity index (χ0n) is 23.6. The largest absolute Gasteiger partial charge is 0.494 e. The van der Waals surface area contributed by atoms with Gasteiger partial charge in [0.15, 0.2) is 17.9 Å². The van der Waals surface area contributed by atoms with Crippen molar-refractivity contribution in [2.75, 3.05) is 12.4 Å². The second-order valence-corrected chi connectivity index (χ2v) is 10.1. The van der Waals surface area contributed by atoms with Crippen LogP contribution in [0.2, 0.25) is 0 Å². The van der Waals surface area contributed by atoms with Crippen molar-refractivity contribution in [1.29, 1.82) is 0 Å². The van der Waals surface area contributed by atoms with Crippen molar-refractivity contribution in [3.05, 3.63) is 23.8 Å². The molecule has 2 amide bonds. The molecule has 1 aromatic carbocycles. The summed E-state index contributed by atoms with van der Waals surface area (Å²) in [7, 11) is 1.33. The second kappa shape index (κ2) is 14.5. The number of anilines is 1. The fourth-order valence-electron chi connectivity index (χ4n) is 4.22. The van der Waals surface area contributed by atoms with Gasteiger partial charge >= 0.3 is 17.9 Å². The first kappa shape index (κ1) is 31.6. The molecule has 1 unspecified atom stereocenters. The van der Waals surface area contributed by atoms with Crippen LogP contribution in [-0.2, 0) is 33.4 Å². The number of carbonyl (C=O) groups excluding carboxylic acids is 5. The topological polar surface area (TPSA) is 146 Å². The van der Waals surface area contributed by atoms with E-state index in [-0.39, 0.29) is 22.9 Å². The smallest absolute Gasteiger partial charge is 0.332 e. The van der Waals surface area contributed by atoms with Gasteiger partial charge in [0.05, 0.1) is 30.2 Å². The van der Waals surface area contributed by atoms with E-state index in [1.54, 1.807) is 19.9 Å². The summed E-state index contributed by atoms with van der Waals surface area (Å²) in [5.41, 5.74) is 0.295. The Kier molecular flexibility index (Phi) is 11.7. The molecule has 0 radical (unpaired) electrons. The molecule has 1 heterocycles. The minimum atomic E-state index is -1.37. The highest BCUT2D eigenvalue weighted by Gasteiger charge is 2.44. The Morgan fingerprint density at radius 2 is 1.74 bits per heavy atom. The number of ether oxygens (including phenoxy) is 4. The second-order valence-electron chi connectivity index (χ2n) is 10.1. The van der Waals surface area contributed by atoms with Gasteiger partial charge in [-0.3, -0.25) is 19.2 Å². The molecule has 1 saturated heterocycles. The number of nitrogens with one attached hydrogen (secondary N) is 2. The maximum absolute atomic E-state index is 13.3. The monoisotopic (exact) mass is 548 g/mol. The van der Waals surface area contributed by atoms with Crippen LogP contribution in [0.25, 0.3) is 0 Å². The highest BCUT2D eigenvalue weighted by atomic mass is 16.6. The number of carbonyl (C=O) groups is 5. The Morgan fingerprint density at radius 1 is 1.08 bits per heavy atom. The molecule has 1 aliphatic heterocycles. The van der Waals surface area contributed by atoms with Crippen molar-refractivity contribution in [3.8, 4) is 5.75 Å². The van der Waals surface area contributed by atoms with Crippen LogP contribution in [0.1, 0.15) is 71.2 Å². The van der Waals surface area contributed by atoms with E-state index in [1.807, 2.05) is 20.8 Å². The van der Waals surface area contributed by atoms with E-state index in [9.17, 15) is 24.0 Å². The van der Waals surface area contributed by atoms with Crippen LogP contribution >= 0.6 is 0 Å². The summed E-state index contributed by atoms with van der Waals surface area (Å²) in [6.07, 6.45) is -0.898. The summed E-state index contributed by atoms with van der Waals surface area (Å²) in [6, 6.07) is 3.16. The normalized spacial score (nSPS) is 24.3. The molecule has 6 atom stereocenters. The van der Waals surface area contributed by atoms with Crippen LogP contribution < -0.4 is 15.4 Å². The molecule has 1 aliphatic rings. The van der Waals surface area contributed by atoms with Crippen molar-refractivity contribution < 1.29 is 42.9 Å². The van der Waals surface area contributed by atoms with Crippen molar-refractivity contribution in [2.24, 2.45) is 17.8 Å². The maximum atomic E-state index is 13.3. The molecule has 0 aliphatic carbocycles. The number of hydrogen-bond acceptors (Lipinski definition) is 9. The zero-order chi connectivity index (χ0) is 29.3. The van der Waals surface area contributed by atoms with Crippen LogP contribution in [0.15, 0.2) is 18.2 Å². The third-order valence-corrected chi connectivity index (χ3v) is 6.95. The fourth-order valence-corrected chi connectivity index (χ4v) is 4.22. The van der Waals surface area contributed by atoms with Crippen LogP contribution in [0, 0.1) is 17.8 Å². The van der Waals surface area contributed by atoms with Gasteiger partial charge in [0.2, 0.25) is 6.41 Å². The van der Waals surface area contributed by atoms with Gasteiger partial charge in [-0.25, -0.2) is 4.79 Å². The van der Waals surface area contributed by atoms with Crippen LogP contribution in [0.5, 0.6) is 5.75 Å². The third-order valence-electron chi connectivity index (χ3n) is 6.95. The molecule has 0 aromatic heterocycles. The highest BCUT2D eigenvalue weighted by molar-refractivity contribution is 6.01. The first-order valence-electron chi connectivity index (χ1n) is 13.3. The van der Waals surface area contributed by atoms with Gasteiger partial charge in [-0.05, 0) is 38.3 Å². The predicted octanol–water partition coefficient (Wildman–Crippen LogP) is 3.25. The number of esters is 3. The number of amides is 2. The Hall–Kier alpha value is -3.63. The lowest BCUT2D eigenvalue weighted by Gasteiger charge is -2.30. The lowest BCUT2D eigenvalue weighted by molar-refractivity contribution is -0.178. The minimum Gasteiger partial charge on any atom is -0.494 e. The lowest BCUT2D eigenvalue weighted by Crippen LogP contribution is -2.50. The van der Waals surface area contributed by atoms with E-state index in [0.717, 1.165) is 6.42 Å². The fraction of sp³-hybridized carbons (Fsp3) is 0.607. The number of unbranched alkanes of at least 4 members (excludes halogenated alkanes) is 1. The van der Waals surface area contributed by atoms with Crippen molar-refractivity contribution in [3.63, 3.8) is 0 Å². The summed E-state index contributed by atoms with van der Waals surface area (Å²) in [6.45, 7) is 10.5. The van der Waals surface area contributed by atoms with Crippen molar-refractivity contribution in [1.82, 2.24) is 5.32 Å². The molecule has 11 nitrogen and oxygen atoms in total. The van der Waals surface area contributed by atoms with Gasteiger partial charge in [0.1, 0.15) is 12.2 Å². The van der Waals surface area contributed by atoms with Gasteiger partial charge in [-0.15, -0.1) is 0 Å². The molecular weight excluding hydrogens is 508 g/mol. The van der Waals surface area contributed by atoms with E-state index < -0.39 is 60.0 Å². The summed E-state index contributed by atoms with van der Waals surface area (Å²) < 4.78 is 22.4. The average Bonchev–Trinajstić information content (AvgIpc) is 2.92. The third kappa shape index (κ3) is 7.93. The number of benzene rings is 1. The lowest BCUT2D eigenvalue weighted by atomic mass is 9.92. The van der Waals surface area contributed by atoms with Crippen LogP contribution in [0.4, 0.5) is 5.69 Å². The number of hydrogen-bond donors (Lipinski definition) is 2. The zero-order valence-corrected chi connectivity index (χ0v) is 23.6. The first-order chi connectivity index (χ1) is 18.5. The van der Waals surface area contributed by atoms with E-state index >= 15 is 0 Å². The van der Waals surface area contributed by atoms with E-state index in [1.165, 1.54) is 26.2 Å². The number of cyclic esters (lactones) is 2. The molecule has 39 heavy (non-hydrogen) atoms. The molecule has 0 spiro atoms. The Balaban J connectivity index is 2.39. The number of para-hydroxylation sites is 1. The van der Waals surface area contributed by atoms with Crippen LogP contribution in [-0.4, -0.2) is 61.7 Å². The average molecular weight is 549 g/mol. The predicted molar refractivity (Wildman–Crippen MR) is 142 cm³/mol. The van der Waals surface area contributed by atoms with Gasteiger partial charge in [-0.1, -0.05) is 46.6 Å². The molecule has 0 bridgehead atoms. The summed E-state index contributed by atoms with van der Waals surface area (Å²) in [5.74, 6) is -3.92. The molecule has 1 aromatic rings. The molecular formula is C28H40N2O9. The molecule has 0 saturated carbocycles. The van der Waals surface area contributed by atoms with E-state index in [0.29, 0.717) is 19.3 Å². The first-order valence-corrected chi connectivity index (χ1v) is 13.3. The van der Waals surface area contributed by atoms with Gasteiger partial charge < -0.3 is 29.6 Å². The van der Waals surface area contributed by atoms with Gasteiger partial charge in [0, 0.05) is 0 Å². The van der Waals surface area contributed by atoms with Crippen molar-refractivity contribution >= 4 is 35.9 Å². The SMILES string of the molecule is CCCC[C@H]1C(=O)O[C@H](C)[C@H](NC(=O)c2cccc(NC=O)c2OC)C(=O)O[C@@H](C)[C@@H]1OC(=O)C(C)C(C)C. The number of methoxy groups -OCH3 is 1. The Labute approximate surface area is 229 Å². The minimum absolute atomic E-state index is 0.00424. The van der Waals surface area contributed by atoms with Crippen molar-refractivity contribution in [2.45, 2.75) is 85.2 Å². The summed E-state index contributed by atoms with van der Waals surface area (Å²) in [4.78, 5) is 63.6. The number of rotatable bonds is 11. The molecule has 2 N–H and O–H groups in total. The van der Waals surface area contributed by atoms with Gasteiger partial charge in [0.25, 0.3) is 5.91 Å². The molecule has 11 heteroatoms. The molecule has 216 valence electrons. The maximum Gasteiger partial charge on any atom is 0.332 e. The van der Waals surface area contributed by atoms with E-state index in [4.69, 9.17) is 18.9 Å². The standard InChI is InChI=1S/C28H40N2O9/c1-8-9-11-20-23(39-26(33)16(4)15(2)3)18(6)38-28(35)22(17(5)37-27(20)34)30-25(32)19-12-10-13-21(29-14-31)24(19)36-7/h10,12-18,20,22-23H,8-9,11H2,1-7H3,(H,29,31)(H,30,32)/t16?,17-,18+,20-,22+,23+/m1/s1. The van der Waals surface area contributed by atoms with Gasteiger partial charge in [-0.2, -0.15) is 0 Å². The Bertz CT molecular complexity index is 1040. The van der Waals surface area contributed by atoms with Crippen LogP contribution in [0.3, 0.4) is 0 Å². The van der Waals surface area contributed by atoms with E-state index in [2.05, 4.69) is 10.6 Å². The summed E-state index contributed by atoms with van der Waals surface area (Å²) >= 11 is 0. The Morgan fingerprint density at radius 3 is 2.33 bits per heavy atom. The molecule has 2 rings (SSSR count).